The Hall–Kier alpha value is -3.72. The number of hydrogen-bond acceptors (Lipinski definition) is 5. The summed E-state index contributed by atoms with van der Waals surface area (Å²) in [6.07, 6.45) is -0.0577. The topological polar surface area (TPSA) is 96.9 Å². The smallest absolute Gasteiger partial charge is 0.273 e. The third kappa shape index (κ3) is 4.62. The number of sulfonamides is 1. The van der Waals surface area contributed by atoms with Crippen LogP contribution in [0.5, 0.6) is 0 Å². The summed E-state index contributed by atoms with van der Waals surface area (Å²) in [5.41, 5.74) is 1.65. The van der Waals surface area contributed by atoms with Crippen LogP contribution in [0.1, 0.15) is 23.7 Å². The summed E-state index contributed by atoms with van der Waals surface area (Å²) in [4.78, 5) is 17.9. The van der Waals surface area contributed by atoms with Crippen LogP contribution in [0.15, 0.2) is 82.8 Å². The Balaban J connectivity index is 1.49. The molecule has 7 nitrogen and oxygen atoms in total. The monoisotopic (exact) mass is 453 g/mol. The molecule has 2 N–H and O–H groups in total. The van der Waals surface area contributed by atoms with Crippen molar-refractivity contribution in [2.24, 2.45) is 5.16 Å². The number of amides is 1. The van der Waals surface area contributed by atoms with Gasteiger partial charge in [0.15, 0.2) is 6.10 Å². The maximum Gasteiger partial charge on any atom is 0.273 e. The second-order valence-corrected chi connectivity index (χ2v) is 8.92. The summed E-state index contributed by atoms with van der Waals surface area (Å²) in [5.74, 6) is -1.18. The van der Waals surface area contributed by atoms with Crippen LogP contribution < -0.4 is 10.0 Å². The first-order chi connectivity index (χ1) is 15.3. The van der Waals surface area contributed by atoms with E-state index in [9.17, 15) is 17.6 Å². The van der Waals surface area contributed by atoms with Crippen molar-refractivity contribution in [1.82, 2.24) is 0 Å². The van der Waals surface area contributed by atoms with Crippen LogP contribution >= 0.6 is 0 Å². The van der Waals surface area contributed by atoms with E-state index >= 15 is 0 Å². The predicted molar refractivity (Wildman–Crippen MR) is 119 cm³/mol. The molecule has 0 aliphatic carbocycles. The van der Waals surface area contributed by atoms with Crippen molar-refractivity contribution in [3.63, 3.8) is 0 Å². The normalized spacial score (nSPS) is 15.6. The van der Waals surface area contributed by atoms with Crippen molar-refractivity contribution in [3.8, 4) is 0 Å². The zero-order valence-electron chi connectivity index (χ0n) is 17.1. The summed E-state index contributed by atoms with van der Waals surface area (Å²) < 4.78 is 41.8. The molecular formula is C23H20FN3O4S. The lowest BCUT2D eigenvalue weighted by Crippen LogP contribution is -2.22. The molecule has 164 valence electrons. The number of halogens is 1. The number of aryl methyl sites for hydroxylation is 1. The van der Waals surface area contributed by atoms with Gasteiger partial charge in [-0.1, -0.05) is 53.7 Å². The summed E-state index contributed by atoms with van der Waals surface area (Å²) in [6, 6.07) is 19.4. The number of rotatable bonds is 6. The van der Waals surface area contributed by atoms with Crippen LogP contribution in [-0.2, 0) is 19.7 Å². The number of oxime groups is 1. The van der Waals surface area contributed by atoms with E-state index in [0.29, 0.717) is 12.0 Å². The molecule has 0 fully saturated rings. The number of benzene rings is 3. The molecule has 0 saturated carbocycles. The average Bonchev–Trinajstić information content (AvgIpc) is 3.28. The van der Waals surface area contributed by atoms with Gasteiger partial charge in [-0.3, -0.25) is 9.52 Å². The predicted octanol–water partition coefficient (Wildman–Crippen LogP) is 4.39. The Bertz CT molecular complexity index is 1290. The molecule has 3 aromatic carbocycles. The Morgan fingerprint density at radius 1 is 1.06 bits per heavy atom. The number of para-hydroxylation sites is 1. The molecule has 0 bridgehead atoms. The minimum atomic E-state index is -4.08. The lowest BCUT2D eigenvalue weighted by molar-refractivity contribution is -0.110. The van der Waals surface area contributed by atoms with Crippen molar-refractivity contribution < 1.29 is 22.4 Å². The second-order valence-electron chi connectivity index (χ2n) is 7.27. The van der Waals surface area contributed by atoms with Crippen LogP contribution in [0, 0.1) is 12.7 Å². The molecule has 9 heteroatoms. The zero-order chi connectivity index (χ0) is 22.7. The van der Waals surface area contributed by atoms with Crippen LogP contribution in [0.3, 0.4) is 0 Å². The van der Waals surface area contributed by atoms with Crippen LogP contribution in [0.2, 0.25) is 0 Å². The highest BCUT2D eigenvalue weighted by Gasteiger charge is 2.28. The average molecular weight is 453 g/mol. The summed E-state index contributed by atoms with van der Waals surface area (Å²) in [5, 5.41) is 6.53. The first-order valence-corrected chi connectivity index (χ1v) is 11.3. The highest BCUT2D eigenvalue weighted by molar-refractivity contribution is 7.92. The minimum Gasteiger partial charge on any atom is -0.387 e. The van der Waals surface area contributed by atoms with E-state index in [1.165, 1.54) is 24.3 Å². The lowest BCUT2D eigenvalue weighted by atomic mass is 10.0. The molecule has 0 aromatic heterocycles. The highest BCUT2D eigenvalue weighted by atomic mass is 32.2. The molecule has 0 spiro atoms. The fourth-order valence-electron chi connectivity index (χ4n) is 3.27. The molecule has 1 aliphatic rings. The maximum atomic E-state index is 13.9. The molecule has 0 radical (unpaired) electrons. The molecule has 1 heterocycles. The fourth-order valence-corrected chi connectivity index (χ4v) is 4.61. The van der Waals surface area contributed by atoms with Gasteiger partial charge in [0.25, 0.3) is 15.9 Å². The van der Waals surface area contributed by atoms with E-state index in [2.05, 4.69) is 15.2 Å². The Labute approximate surface area is 185 Å². The Morgan fingerprint density at radius 2 is 1.78 bits per heavy atom. The molecule has 3 aromatic rings. The molecule has 4 rings (SSSR count). The molecule has 32 heavy (non-hydrogen) atoms. The van der Waals surface area contributed by atoms with E-state index in [1.54, 1.807) is 19.1 Å². The van der Waals surface area contributed by atoms with Crippen molar-refractivity contribution in [2.75, 3.05) is 10.0 Å². The molecular weight excluding hydrogens is 433 g/mol. The van der Waals surface area contributed by atoms with Crippen LogP contribution in [0.25, 0.3) is 0 Å². The summed E-state index contributed by atoms with van der Waals surface area (Å²) >= 11 is 0. The van der Waals surface area contributed by atoms with E-state index in [1.807, 2.05) is 30.3 Å². The summed E-state index contributed by atoms with van der Waals surface area (Å²) in [6.45, 7) is 1.61. The van der Waals surface area contributed by atoms with E-state index < -0.39 is 21.7 Å². The minimum absolute atomic E-state index is 0.0784. The lowest BCUT2D eigenvalue weighted by Gasteiger charge is -2.13. The van der Waals surface area contributed by atoms with E-state index in [-0.39, 0.29) is 28.1 Å². The van der Waals surface area contributed by atoms with E-state index in [0.717, 1.165) is 11.6 Å². The number of carbonyl (C=O) groups excluding carboxylic acids is 1. The molecule has 1 atom stereocenters. The van der Waals surface area contributed by atoms with Crippen molar-refractivity contribution in [1.29, 1.82) is 0 Å². The van der Waals surface area contributed by atoms with Gasteiger partial charge >= 0.3 is 0 Å². The van der Waals surface area contributed by atoms with Crippen LogP contribution in [-0.4, -0.2) is 20.0 Å². The van der Waals surface area contributed by atoms with Gasteiger partial charge in [-0.2, -0.15) is 0 Å². The van der Waals surface area contributed by atoms with Gasteiger partial charge in [0, 0.05) is 12.1 Å². The first kappa shape index (κ1) is 21.5. The number of nitrogens with zero attached hydrogens (tertiary/aromatic N) is 1. The number of anilines is 2. The quantitative estimate of drug-likeness (QED) is 0.578. The molecule has 1 amide bonds. The van der Waals surface area contributed by atoms with Crippen molar-refractivity contribution >= 4 is 33.0 Å². The van der Waals surface area contributed by atoms with Crippen molar-refractivity contribution in [2.45, 2.75) is 24.3 Å². The zero-order valence-corrected chi connectivity index (χ0v) is 17.9. The molecule has 0 saturated heterocycles. The largest absolute Gasteiger partial charge is 0.387 e. The van der Waals surface area contributed by atoms with Crippen LogP contribution in [0.4, 0.5) is 15.8 Å². The third-order valence-electron chi connectivity index (χ3n) is 4.96. The van der Waals surface area contributed by atoms with Gasteiger partial charge in [0.05, 0.1) is 10.6 Å². The maximum absolute atomic E-state index is 13.9. The third-order valence-corrected chi connectivity index (χ3v) is 6.46. The van der Waals surface area contributed by atoms with Gasteiger partial charge in [0.1, 0.15) is 11.5 Å². The van der Waals surface area contributed by atoms with Gasteiger partial charge in [-0.25, -0.2) is 12.8 Å². The van der Waals surface area contributed by atoms with Gasteiger partial charge in [0.2, 0.25) is 0 Å². The van der Waals surface area contributed by atoms with Gasteiger partial charge in [-0.15, -0.1) is 0 Å². The van der Waals surface area contributed by atoms with Gasteiger partial charge in [-0.05, 0) is 42.3 Å². The number of carbonyl (C=O) groups is 1. The fraction of sp³-hybridized carbons (Fsp3) is 0.130. The van der Waals surface area contributed by atoms with Gasteiger partial charge < -0.3 is 10.2 Å². The Morgan fingerprint density at radius 3 is 2.53 bits per heavy atom. The summed E-state index contributed by atoms with van der Waals surface area (Å²) in [7, 11) is -4.08. The SMILES string of the molecule is Cc1ccc(NC(=O)C2=NOC(c3ccccc3)C2)cc1S(=O)(=O)Nc1ccccc1F. The Kier molecular flexibility index (Phi) is 5.91. The highest BCUT2D eigenvalue weighted by Crippen LogP contribution is 2.28. The number of hydrogen-bond donors (Lipinski definition) is 2. The van der Waals surface area contributed by atoms with Crippen molar-refractivity contribution in [3.05, 3.63) is 89.7 Å². The number of nitrogens with one attached hydrogen (secondary N) is 2. The van der Waals surface area contributed by atoms with E-state index in [4.69, 9.17) is 4.84 Å². The second kappa shape index (κ2) is 8.80. The molecule has 1 unspecified atom stereocenters. The standard InChI is InChI=1S/C23H20FN3O4S/c1-15-11-12-17(13-22(15)32(29,30)27-19-10-6-5-9-18(19)24)25-23(28)20-14-21(31-26-20)16-7-3-2-4-8-16/h2-13,21,27H,14H2,1H3,(H,25,28). The first-order valence-electron chi connectivity index (χ1n) is 9.80. The molecule has 1 aliphatic heterocycles.